The average Bonchev–Trinajstić information content (AvgIpc) is 3.51. The Kier molecular flexibility index (Phi) is 10.6. The van der Waals surface area contributed by atoms with Gasteiger partial charge in [0.2, 0.25) is 0 Å². The second kappa shape index (κ2) is 13.5. The van der Waals surface area contributed by atoms with E-state index in [2.05, 4.69) is 4.90 Å². The van der Waals surface area contributed by atoms with Crippen molar-refractivity contribution < 1.29 is 23.5 Å². The molecule has 2 unspecified atom stereocenters. The van der Waals surface area contributed by atoms with E-state index in [4.69, 9.17) is 49.3 Å². The minimum absolute atomic E-state index is 0.0203. The summed E-state index contributed by atoms with van der Waals surface area (Å²) in [6.45, 7) is 11.5. The SMILES string of the molecule is CC(C)(C)OC(=O)N1CCC(F)(CN(C(=O)OC(Cl)(Cl)Cl)[C@@H](C2=NC(c3ccccc3)CN2Cc2ccccc2)C(C)(C)C)C1. The van der Waals surface area contributed by atoms with Crippen LogP contribution in [0.3, 0.4) is 0 Å². The number of amides is 2. The molecule has 2 heterocycles. The molecule has 246 valence electrons. The molecule has 1 saturated heterocycles. The number of carbonyl (C=O) groups excluding carboxylic acids is 2. The minimum atomic E-state index is -2.38. The predicted molar refractivity (Wildman–Crippen MR) is 176 cm³/mol. The number of rotatable bonds is 7. The van der Waals surface area contributed by atoms with Crippen LogP contribution in [0.25, 0.3) is 0 Å². The summed E-state index contributed by atoms with van der Waals surface area (Å²) in [5.41, 5.74) is -1.35. The van der Waals surface area contributed by atoms with Crippen LogP contribution in [0.15, 0.2) is 65.7 Å². The number of ether oxygens (including phenoxy) is 2. The van der Waals surface area contributed by atoms with Gasteiger partial charge in [0.05, 0.1) is 25.2 Å². The number of alkyl halides is 4. The topological polar surface area (TPSA) is 74.7 Å². The van der Waals surface area contributed by atoms with E-state index in [0.29, 0.717) is 18.9 Å². The zero-order valence-corrected chi connectivity index (χ0v) is 28.9. The lowest BCUT2D eigenvalue weighted by Gasteiger charge is -2.43. The zero-order valence-electron chi connectivity index (χ0n) is 26.6. The fraction of sp³-hybridized carbons (Fsp3) is 0.545. The third kappa shape index (κ3) is 9.63. The Balaban J connectivity index is 1.74. The van der Waals surface area contributed by atoms with Gasteiger partial charge in [-0.15, -0.1) is 0 Å². The number of aliphatic imine (C=N–C) groups is 1. The monoisotopic (exact) mass is 682 g/mol. The van der Waals surface area contributed by atoms with Crippen LogP contribution < -0.4 is 0 Å². The number of carbonyl (C=O) groups is 2. The molecule has 0 aromatic heterocycles. The maximum absolute atomic E-state index is 16.8. The molecule has 1 fully saturated rings. The van der Waals surface area contributed by atoms with Crippen LogP contribution in [0.1, 0.15) is 65.1 Å². The van der Waals surface area contributed by atoms with Gasteiger partial charge in [-0.1, -0.05) is 81.4 Å². The van der Waals surface area contributed by atoms with Crippen molar-refractivity contribution in [1.82, 2.24) is 14.7 Å². The highest BCUT2D eigenvalue weighted by molar-refractivity contribution is 6.66. The zero-order chi connectivity index (χ0) is 33.2. The molecule has 2 aliphatic rings. The van der Waals surface area contributed by atoms with Gasteiger partial charge >= 0.3 is 16.2 Å². The van der Waals surface area contributed by atoms with E-state index in [9.17, 15) is 9.59 Å². The molecule has 8 nitrogen and oxygen atoms in total. The Morgan fingerprint density at radius 1 is 1.00 bits per heavy atom. The lowest BCUT2D eigenvalue weighted by Crippen LogP contribution is -2.59. The van der Waals surface area contributed by atoms with Crippen LogP contribution in [0.2, 0.25) is 0 Å². The summed E-state index contributed by atoms with van der Waals surface area (Å²) >= 11 is 17.8. The van der Waals surface area contributed by atoms with E-state index in [1.807, 2.05) is 81.4 Å². The summed E-state index contributed by atoms with van der Waals surface area (Å²) in [6.07, 6.45) is -1.65. The molecular formula is C33H42Cl3FN4O4. The van der Waals surface area contributed by atoms with E-state index >= 15 is 4.39 Å². The van der Waals surface area contributed by atoms with E-state index < -0.39 is 45.4 Å². The third-order valence-corrected chi connectivity index (χ3v) is 7.86. The van der Waals surface area contributed by atoms with E-state index in [1.54, 1.807) is 20.8 Å². The third-order valence-electron chi connectivity index (χ3n) is 7.63. The first-order chi connectivity index (χ1) is 20.8. The van der Waals surface area contributed by atoms with Gasteiger partial charge in [-0.25, -0.2) is 14.0 Å². The summed E-state index contributed by atoms with van der Waals surface area (Å²) in [4.78, 5) is 36.5. The molecule has 0 spiro atoms. The maximum atomic E-state index is 16.8. The smallest absolute Gasteiger partial charge is 0.414 e. The van der Waals surface area contributed by atoms with Crippen LogP contribution in [0.5, 0.6) is 0 Å². The average molecular weight is 684 g/mol. The van der Waals surface area contributed by atoms with Gasteiger partial charge < -0.3 is 19.3 Å². The summed E-state index contributed by atoms with van der Waals surface area (Å²) in [5, 5.41) is 0. The number of likely N-dealkylation sites (tertiary alicyclic amines) is 1. The van der Waals surface area contributed by atoms with Gasteiger partial charge in [-0.05, 0) is 72.1 Å². The molecule has 2 aromatic rings. The van der Waals surface area contributed by atoms with Gasteiger partial charge in [0, 0.05) is 26.1 Å². The first kappa shape index (κ1) is 35.1. The Morgan fingerprint density at radius 3 is 2.16 bits per heavy atom. The van der Waals surface area contributed by atoms with E-state index in [0.717, 1.165) is 11.1 Å². The number of nitrogens with zero attached hydrogens (tertiary/aromatic N) is 4. The van der Waals surface area contributed by atoms with Crippen molar-refractivity contribution in [2.75, 3.05) is 26.2 Å². The molecular weight excluding hydrogens is 642 g/mol. The van der Waals surface area contributed by atoms with E-state index in [1.165, 1.54) is 9.80 Å². The Hall–Kier alpha value is -2.75. The molecule has 12 heteroatoms. The number of hydrogen-bond donors (Lipinski definition) is 0. The van der Waals surface area contributed by atoms with Crippen molar-refractivity contribution in [2.24, 2.45) is 10.4 Å². The lowest BCUT2D eigenvalue weighted by atomic mass is 9.83. The van der Waals surface area contributed by atoms with Crippen molar-refractivity contribution >= 4 is 52.8 Å². The van der Waals surface area contributed by atoms with Crippen molar-refractivity contribution in [3.63, 3.8) is 0 Å². The van der Waals surface area contributed by atoms with Crippen LogP contribution >= 0.6 is 34.8 Å². The Morgan fingerprint density at radius 2 is 1.60 bits per heavy atom. The lowest BCUT2D eigenvalue weighted by molar-refractivity contribution is 0.0183. The molecule has 0 aliphatic carbocycles. The molecule has 2 aliphatic heterocycles. The molecule has 0 bridgehead atoms. The molecule has 4 rings (SSSR count). The van der Waals surface area contributed by atoms with E-state index in [-0.39, 0.29) is 25.6 Å². The fourth-order valence-corrected chi connectivity index (χ4v) is 6.00. The molecule has 0 saturated carbocycles. The summed E-state index contributed by atoms with van der Waals surface area (Å²) in [5.74, 6) is 0.590. The first-order valence-electron chi connectivity index (χ1n) is 15.0. The molecule has 2 aromatic carbocycles. The fourth-order valence-electron chi connectivity index (χ4n) is 5.80. The standard InChI is InChI=1S/C33H42Cl3FN4O4/c1-30(2,3)26(27-38-25(24-15-11-8-12-16-24)20-40(27)19-23-13-9-7-10-14-23)41(29(43)45-33(34,35)36)22-32(37)17-18-39(21-32)28(42)44-31(4,5)6/h7-16,25-26H,17-22H2,1-6H3/t25?,26-,32?/m0/s1. The summed E-state index contributed by atoms with van der Waals surface area (Å²) in [6, 6.07) is 18.8. The van der Waals surface area contributed by atoms with Gasteiger partial charge in [0.15, 0.2) is 0 Å². The minimum Gasteiger partial charge on any atom is -0.444 e. The van der Waals surface area contributed by atoms with Crippen LogP contribution in [0.4, 0.5) is 14.0 Å². The Bertz CT molecular complexity index is 1360. The van der Waals surface area contributed by atoms with Crippen molar-refractivity contribution in [1.29, 1.82) is 0 Å². The summed E-state index contributed by atoms with van der Waals surface area (Å²) < 4.78 is 25.1. The van der Waals surface area contributed by atoms with Gasteiger partial charge in [0.25, 0.3) is 0 Å². The molecule has 3 atom stereocenters. The van der Waals surface area contributed by atoms with Crippen molar-refractivity contribution in [2.45, 2.75) is 81.8 Å². The van der Waals surface area contributed by atoms with Gasteiger partial charge in [-0.2, -0.15) is 0 Å². The number of amidine groups is 1. The van der Waals surface area contributed by atoms with Gasteiger partial charge in [-0.3, -0.25) is 9.89 Å². The molecule has 45 heavy (non-hydrogen) atoms. The first-order valence-corrected chi connectivity index (χ1v) is 16.1. The number of halogens is 4. The van der Waals surface area contributed by atoms with Gasteiger partial charge in [0.1, 0.15) is 17.1 Å². The second-order valence-electron chi connectivity index (χ2n) is 13.8. The normalized spacial score (nSPS) is 21.4. The van der Waals surface area contributed by atoms with Crippen LogP contribution in [-0.2, 0) is 16.0 Å². The highest BCUT2D eigenvalue weighted by atomic mass is 35.6. The molecule has 0 radical (unpaired) electrons. The molecule has 2 amide bonds. The van der Waals surface area contributed by atoms with Crippen molar-refractivity contribution in [3.05, 3.63) is 71.8 Å². The van der Waals surface area contributed by atoms with Crippen LogP contribution in [0, 0.1) is 5.41 Å². The maximum Gasteiger partial charge on any atom is 0.414 e. The number of hydrogen-bond acceptors (Lipinski definition) is 6. The predicted octanol–water partition coefficient (Wildman–Crippen LogP) is 8.17. The van der Waals surface area contributed by atoms with Crippen molar-refractivity contribution in [3.8, 4) is 0 Å². The number of benzene rings is 2. The highest BCUT2D eigenvalue weighted by Gasteiger charge is 2.50. The summed E-state index contributed by atoms with van der Waals surface area (Å²) in [7, 11) is 0. The van der Waals surface area contributed by atoms with Crippen LogP contribution in [-0.4, -0.2) is 80.2 Å². The largest absolute Gasteiger partial charge is 0.444 e. The highest BCUT2D eigenvalue weighted by Crippen LogP contribution is 2.38. The Labute approximate surface area is 280 Å². The quantitative estimate of drug-likeness (QED) is 0.275. The second-order valence-corrected chi connectivity index (χ2v) is 16.0. The molecule has 0 N–H and O–H groups in total.